The maximum Gasteiger partial charge on any atom is 0.416 e. The van der Waals surface area contributed by atoms with Crippen LogP contribution in [0.15, 0.2) is 45.5 Å². The molecule has 6 heteroatoms. The van der Waals surface area contributed by atoms with E-state index in [2.05, 4.69) is 15.9 Å². The van der Waals surface area contributed by atoms with Crippen molar-refractivity contribution in [1.82, 2.24) is 0 Å². The molecule has 0 bridgehead atoms. The van der Waals surface area contributed by atoms with E-state index < -0.39 is 17.8 Å². The summed E-state index contributed by atoms with van der Waals surface area (Å²) < 4.78 is 43.7. The Labute approximate surface area is 116 Å². The highest BCUT2D eigenvalue weighted by molar-refractivity contribution is 9.10. The van der Waals surface area contributed by atoms with E-state index in [1.807, 2.05) is 0 Å². The average molecular weight is 334 g/mol. The van der Waals surface area contributed by atoms with Crippen LogP contribution in [0.4, 0.5) is 13.2 Å². The molecule has 2 rings (SSSR count). The summed E-state index contributed by atoms with van der Waals surface area (Å²) in [4.78, 5) is 0. The second-order valence-corrected chi connectivity index (χ2v) is 5.00. The molecule has 2 N–H and O–H groups in total. The number of halogens is 4. The topological polar surface area (TPSA) is 39.2 Å². The van der Waals surface area contributed by atoms with Gasteiger partial charge in [-0.25, -0.2) is 0 Å². The van der Waals surface area contributed by atoms with Crippen molar-refractivity contribution in [3.05, 3.63) is 58.0 Å². The van der Waals surface area contributed by atoms with Crippen LogP contribution >= 0.6 is 15.9 Å². The lowest BCUT2D eigenvalue weighted by Gasteiger charge is -2.12. The molecule has 2 nitrogen and oxygen atoms in total. The first-order chi connectivity index (χ1) is 8.88. The highest BCUT2D eigenvalue weighted by atomic mass is 79.9. The minimum absolute atomic E-state index is 0.274. The lowest BCUT2D eigenvalue weighted by molar-refractivity contribution is -0.137. The number of hydrogen-bond donors (Lipinski definition) is 1. The maximum atomic E-state index is 12.6. The first kappa shape index (κ1) is 14.1. The Hall–Kier alpha value is -1.27. The molecule has 102 valence electrons. The smallest absolute Gasteiger partial charge is 0.416 e. The van der Waals surface area contributed by atoms with Gasteiger partial charge in [-0.05, 0) is 40.0 Å². The molecule has 2 aromatic rings. The third-order valence-electron chi connectivity index (χ3n) is 2.69. The summed E-state index contributed by atoms with van der Waals surface area (Å²) in [5, 5.41) is 0. The molecule has 1 heterocycles. The average Bonchev–Trinajstić information content (AvgIpc) is 2.75. The summed E-state index contributed by atoms with van der Waals surface area (Å²) in [5.74, 6) is 0.525. The predicted molar refractivity (Wildman–Crippen MR) is 68.5 cm³/mol. The molecule has 1 atom stereocenters. The molecule has 1 aromatic heterocycles. The summed E-state index contributed by atoms with van der Waals surface area (Å²) in [6, 6.07) is 6.34. The molecule has 0 amide bonds. The van der Waals surface area contributed by atoms with E-state index in [9.17, 15) is 13.2 Å². The second kappa shape index (κ2) is 5.38. The van der Waals surface area contributed by atoms with Crippen LogP contribution in [0.1, 0.15) is 22.9 Å². The number of alkyl halides is 3. The van der Waals surface area contributed by atoms with Crippen molar-refractivity contribution >= 4 is 15.9 Å². The predicted octanol–water partition coefficient (Wildman–Crippen LogP) is 4.30. The van der Waals surface area contributed by atoms with Gasteiger partial charge in [-0.2, -0.15) is 13.2 Å². The quantitative estimate of drug-likeness (QED) is 0.909. The summed E-state index contributed by atoms with van der Waals surface area (Å²) in [5.41, 5.74) is 5.77. The fourth-order valence-corrected chi connectivity index (χ4v) is 2.29. The summed E-state index contributed by atoms with van der Waals surface area (Å²) in [7, 11) is 0. The fourth-order valence-electron chi connectivity index (χ4n) is 1.79. The van der Waals surface area contributed by atoms with Crippen molar-refractivity contribution in [1.29, 1.82) is 0 Å². The second-order valence-electron chi connectivity index (χ2n) is 4.14. The van der Waals surface area contributed by atoms with Crippen LogP contribution in [0.2, 0.25) is 0 Å². The molecule has 19 heavy (non-hydrogen) atoms. The number of hydrogen-bond acceptors (Lipinski definition) is 2. The lowest BCUT2D eigenvalue weighted by Crippen LogP contribution is -2.14. The first-order valence-electron chi connectivity index (χ1n) is 5.52. The molecule has 0 saturated heterocycles. The van der Waals surface area contributed by atoms with Crippen LogP contribution in [0.25, 0.3) is 0 Å². The zero-order chi connectivity index (χ0) is 14.0. The monoisotopic (exact) mass is 333 g/mol. The summed E-state index contributed by atoms with van der Waals surface area (Å²) >= 11 is 3.27. The van der Waals surface area contributed by atoms with Crippen molar-refractivity contribution < 1.29 is 17.6 Å². The van der Waals surface area contributed by atoms with E-state index in [0.717, 1.165) is 12.1 Å². The van der Waals surface area contributed by atoms with Gasteiger partial charge in [0.2, 0.25) is 0 Å². The Kier molecular flexibility index (Phi) is 4.01. The summed E-state index contributed by atoms with van der Waals surface area (Å²) in [6.45, 7) is 0. The number of benzene rings is 1. The molecule has 0 aliphatic rings. The summed E-state index contributed by atoms with van der Waals surface area (Å²) in [6.07, 6.45) is -2.59. The molecular formula is C13H11BrF3NO. The Morgan fingerprint density at radius 1 is 1.26 bits per heavy atom. The SMILES string of the molecule is NC(Cc1cccc(C(F)(F)F)c1)c1occc1Br. The van der Waals surface area contributed by atoms with Gasteiger partial charge in [0, 0.05) is 0 Å². The molecular weight excluding hydrogens is 323 g/mol. The largest absolute Gasteiger partial charge is 0.466 e. The number of nitrogens with two attached hydrogens (primary N) is 1. The van der Waals surface area contributed by atoms with Gasteiger partial charge >= 0.3 is 6.18 Å². The van der Waals surface area contributed by atoms with Crippen molar-refractivity contribution in [2.45, 2.75) is 18.6 Å². The molecule has 1 aromatic carbocycles. The van der Waals surface area contributed by atoms with Crippen LogP contribution in [0.3, 0.4) is 0 Å². The highest BCUT2D eigenvalue weighted by Gasteiger charge is 2.30. The van der Waals surface area contributed by atoms with Gasteiger partial charge in [0.05, 0.1) is 22.3 Å². The fraction of sp³-hybridized carbons (Fsp3) is 0.231. The van der Waals surface area contributed by atoms with E-state index in [-0.39, 0.29) is 6.42 Å². The van der Waals surface area contributed by atoms with Gasteiger partial charge in [-0.3, -0.25) is 0 Å². The van der Waals surface area contributed by atoms with Gasteiger partial charge < -0.3 is 10.2 Å². The lowest BCUT2D eigenvalue weighted by atomic mass is 10.0. The minimum atomic E-state index is -4.34. The van der Waals surface area contributed by atoms with Crippen LogP contribution in [-0.2, 0) is 12.6 Å². The standard InChI is InChI=1S/C13H11BrF3NO/c14-10-4-5-19-12(10)11(18)7-8-2-1-3-9(6-8)13(15,16)17/h1-6,11H,7,18H2. The molecule has 1 unspecified atom stereocenters. The van der Waals surface area contributed by atoms with Crippen LogP contribution in [0.5, 0.6) is 0 Å². The van der Waals surface area contributed by atoms with E-state index in [0.29, 0.717) is 15.8 Å². The Morgan fingerprint density at radius 2 is 2.00 bits per heavy atom. The van der Waals surface area contributed by atoms with Crippen molar-refractivity contribution in [3.8, 4) is 0 Å². The minimum Gasteiger partial charge on any atom is -0.466 e. The Bertz CT molecular complexity index is 565. The molecule has 0 radical (unpaired) electrons. The first-order valence-corrected chi connectivity index (χ1v) is 6.32. The zero-order valence-electron chi connectivity index (χ0n) is 9.75. The van der Waals surface area contributed by atoms with Crippen LogP contribution in [-0.4, -0.2) is 0 Å². The molecule has 0 fully saturated rings. The van der Waals surface area contributed by atoms with Crippen molar-refractivity contribution in [2.75, 3.05) is 0 Å². The normalized spacial score (nSPS) is 13.5. The van der Waals surface area contributed by atoms with Crippen LogP contribution in [0, 0.1) is 0 Å². The number of furan rings is 1. The van der Waals surface area contributed by atoms with E-state index in [1.54, 1.807) is 12.1 Å². The zero-order valence-corrected chi connectivity index (χ0v) is 11.3. The third-order valence-corrected chi connectivity index (χ3v) is 3.35. The highest BCUT2D eigenvalue weighted by Crippen LogP contribution is 2.31. The number of rotatable bonds is 3. The maximum absolute atomic E-state index is 12.6. The van der Waals surface area contributed by atoms with E-state index in [4.69, 9.17) is 10.2 Å². The third kappa shape index (κ3) is 3.39. The van der Waals surface area contributed by atoms with Gasteiger partial charge in [-0.15, -0.1) is 0 Å². The van der Waals surface area contributed by atoms with Crippen molar-refractivity contribution in [3.63, 3.8) is 0 Å². The molecule has 0 aliphatic heterocycles. The van der Waals surface area contributed by atoms with Crippen molar-refractivity contribution in [2.24, 2.45) is 5.73 Å². The molecule has 0 spiro atoms. The molecule has 0 aliphatic carbocycles. The Balaban J connectivity index is 2.18. The van der Waals surface area contributed by atoms with Gasteiger partial charge in [0.1, 0.15) is 5.76 Å². The van der Waals surface area contributed by atoms with Gasteiger partial charge in [-0.1, -0.05) is 18.2 Å². The van der Waals surface area contributed by atoms with E-state index >= 15 is 0 Å². The van der Waals surface area contributed by atoms with E-state index in [1.165, 1.54) is 12.3 Å². The van der Waals surface area contributed by atoms with Gasteiger partial charge in [0.25, 0.3) is 0 Å². The van der Waals surface area contributed by atoms with Crippen LogP contribution < -0.4 is 5.73 Å². The van der Waals surface area contributed by atoms with Gasteiger partial charge in [0.15, 0.2) is 0 Å². The Morgan fingerprint density at radius 3 is 2.58 bits per heavy atom. The molecule has 0 saturated carbocycles.